The minimum absolute atomic E-state index is 0.0253. The molecule has 0 saturated heterocycles. The smallest absolute Gasteiger partial charge is 0.188 e. The quantitative estimate of drug-likeness (QED) is 0.155. The molecule has 0 aliphatic rings. The standard InChI is InChI=1S/C31H40NO2P/c1-8-18-31(9-2,28-20-22(3)19-24(5)29(28)34-21-33-7)35-30-23(4)14-13-17-27(30)25(6)32-26-15-11-10-12-16-26/h10-17,19-20,35H,8-9,18,21H2,1-7H3/b32-25+. The van der Waals surface area contributed by atoms with Crippen LogP contribution in [0, 0.1) is 20.8 Å². The lowest BCUT2D eigenvalue weighted by atomic mass is 9.87. The van der Waals surface area contributed by atoms with Crippen LogP contribution in [0.2, 0.25) is 0 Å². The van der Waals surface area contributed by atoms with Gasteiger partial charge in [0, 0.05) is 29.1 Å². The van der Waals surface area contributed by atoms with Crippen LogP contribution in [0.15, 0.2) is 65.7 Å². The molecule has 0 heterocycles. The number of hydrogen-bond donors (Lipinski definition) is 0. The van der Waals surface area contributed by atoms with E-state index in [4.69, 9.17) is 14.5 Å². The van der Waals surface area contributed by atoms with Crippen molar-refractivity contribution in [1.29, 1.82) is 0 Å². The van der Waals surface area contributed by atoms with Gasteiger partial charge in [-0.25, -0.2) is 0 Å². The molecule has 35 heavy (non-hydrogen) atoms. The van der Waals surface area contributed by atoms with Crippen molar-refractivity contribution in [3.63, 3.8) is 0 Å². The Morgan fingerprint density at radius 3 is 2.34 bits per heavy atom. The van der Waals surface area contributed by atoms with Gasteiger partial charge in [0.05, 0.1) is 5.69 Å². The third kappa shape index (κ3) is 6.40. The van der Waals surface area contributed by atoms with E-state index in [1.807, 2.05) is 18.2 Å². The molecular formula is C31H40NO2P. The fourth-order valence-corrected chi connectivity index (χ4v) is 6.93. The van der Waals surface area contributed by atoms with E-state index in [-0.39, 0.29) is 11.9 Å². The van der Waals surface area contributed by atoms with Gasteiger partial charge in [-0.2, -0.15) is 0 Å². The maximum atomic E-state index is 6.21. The molecule has 3 aromatic rings. The molecule has 0 aliphatic carbocycles. The van der Waals surface area contributed by atoms with Gasteiger partial charge in [-0.1, -0.05) is 82.9 Å². The molecule has 0 bridgehead atoms. The Morgan fingerprint density at radius 1 is 0.943 bits per heavy atom. The first-order valence-electron chi connectivity index (χ1n) is 12.6. The van der Waals surface area contributed by atoms with Gasteiger partial charge in [0.25, 0.3) is 0 Å². The van der Waals surface area contributed by atoms with Crippen molar-refractivity contribution < 1.29 is 9.47 Å². The highest BCUT2D eigenvalue weighted by atomic mass is 31.1. The molecule has 0 radical (unpaired) electrons. The number of para-hydroxylation sites is 1. The molecular weight excluding hydrogens is 449 g/mol. The van der Waals surface area contributed by atoms with Gasteiger partial charge >= 0.3 is 0 Å². The Morgan fingerprint density at radius 2 is 1.69 bits per heavy atom. The van der Waals surface area contributed by atoms with Crippen molar-refractivity contribution in [2.24, 2.45) is 4.99 Å². The van der Waals surface area contributed by atoms with Crippen molar-refractivity contribution in [3.05, 3.63) is 88.5 Å². The summed E-state index contributed by atoms with van der Waals surface area (Å²) in [6.45, 7) is 13.6. The van der Waals surface area contributed by atoms with Gasteiger partial charge in [-0.05, 0) is 69.1 Å². The highest BCUT2D eigenvalue weighted by molar-refractivity contribution is 7.49. The Bertz CT molecular complexity index is 1160. The minimum Gasteiger partial charge on any atom is -0.467 e. The largest absolute Gasteiger partial charge is 0.467 e. The van der Waals surface area contributed by atoms with Crippen LogP contribution in [-0.4, -0.2) is 19.6 Å². The van der Waals surface area contributed by atoms with E-state index < -0.39 is 0 Å². The van der Waals surface area contributed by atoms with Crippen LogP contribution >= 0.6 is 8.58 Å². The average Bonchev–Trinajstić information content (AvgIpc) is 2.84. The van der Waals surface area contributed by atoms with Crippen molar-refractivity contribution in [3.8, 4) is 5.75 Å². The van der Waals surface area contributed by atoms with E-state index in [1.54, 1.807) is 7.11 Å². The number of rotatable bonds is 11. The van der Waals surface area contributed by atoms with E-state index >= 15 is 0 Å². The van der Waals surface area contributed by atoms with E-state index in [2.05, 4.69) is 84.0 Å². The molecule has 2 unspecified atom stereocenters. The molecule has 3 aromatic carbocycles. The lowest BCUT2D eigenvalue weighted by Crippen LogP contribution is -2.27. The zero-order valence-electron chi connectivity index (χ0n) is 22.4. The molecule has 0 saturated carbocycles. The van der Waals surface area contributed by atoms with Crippen molar-refractivity contribution >= 4 is 25.3 Å². The molecule has 3 rings (SSSR count). The number of benzene rings is 3. The zero-order chi connectivity index (χ0) is 25.4. The minimum atomic E-state index is -0.0253. The third-order valence-electron chi connectivity index (χ3n) is 6.62. The monoisotopic (exact) mass is 489 g/mol. The second kappa shape index (κ2) is 12.5. The van der Waals surface area contributed by atoms with Crippen LogP contribution in [0.5, 0.6) is 5.75 Å². The lowest BCUT2D eigenvalue weighted by molar-refractivity contribution is 0.0494. The van der Waals surface area contributed by atoms with Crippen molar-refractivity contribution in [2.75, 3.05) is 13.9 Å². The second-order valence-electron chi connectivity index (χ2n) is 9.35. The number of nitrogens with zero attached hydrogens (tertiary/aromatic N) is 1. The number of aryl methyl sites for hydroxylation is 3. The number of hydrogen-bond acceptors (Lipinski definition) is 3. The van der Waals surface area contributed by atoms with Gasteiger partial charge < -0.3 is 9.47 Å². The Labute approximate surface area is 213 Å². The number of aliphatic imine (C=N–C) groups is 1. The average molecular weight is 490 g/mol. The summed E-state index contributed by atoms with van der Waals surface area (Å²) in [7, 11) is 2.27. The topological polar surface area (TPSA) is 30.8 Å². The summed E-state index contributed by atoms with van der Waals surface area (Å²) in [5.74, 6) is 0.977. The molecule has 2 atom stereocenters. The summed E-state index contributed by atoms with van der Waals surface area (Å²) in [5.41, 5.74) is 8.35. The van der Waals surface area contributed by atoms with Gasteiger partial charge in [0.1, 0.15) is 5.75 Å². The third-order valence-corrected chi connectivity index (χ3v) is 8.88. The fourth-order valence-electron chi connectivity index (χ4n) is 4.90. The summed E-state index contributed by atoms with van der Waals surface area (Å²) in [6.07, 6.45) is 3.24. The predicted octanol–water partition coefficient (Wildman–Crippen LogP) is 8.14. The fraction of sp³-hybridized carbons (Fsp3) is 0.387. The molecule has 4 heteroatoms. The summed E-state index contributed by atoms with van der Waals surface area (Å²) in [5, 5.41) is 1.37. The molecule has 3 nitrogen and oxygen atoms in total. The van der Waals surface area contributed by atoms with Crippen molar-refractivity contribution in [1.82, 2.24) is 0 Å². The molecule has 0 spiro atoms. The van der Waals surface area contributed by atoms with Gasteiger partial charge in [0.15, 0.2) is 6.79 Å². The summed E-state index contributed by atoms with van der Waals surface area (Å²) < 4.78 is 11.5. The first-order chi connectivity index (χ1) is 16.8. The van der Waals surface area contributed by atoms with Crippen LogP contribution in [0.1, 0.15) is 67.9 Å². The maximum Gasteiger partial charge on any atom is 0.188 e. The van der Waals surface area contributed by atoms with Crippen LogP contribution in [0.25, 0.3) is 0 Å². The SMILES string of the molecule is CCCC(CC)(Pc1c(C)cccc1/C(C)=N/c1ccccc1)c1cc(C)cc(C)c1OCOC. The molecule has 0 N–H and O–H groups in total. The van der Waals surface area contributed by atoms with Gasteiger partial charge in [0.2, 0.25) is 0 Å². The molecule has 0 aromatic heterocycles. The van der Waals surface area contributed by atoms with Crippen molar-refractivity contribution in [2.45, 2.75) is 66.0 Å². The summed E-state index contributed by atoms with van der Waals surface area (Å²) >= 11 is 0. The van der Waals surface area contributed by atoms with E-state index in [0.29, 0.717) is 8.58 Å². The van der Waals surface area contributed by atoms with Crippen LogP contribution < -0.4 is 10.0 Å². The normalized spacial score (nSPS) is 13.9. The van der Waals surface area contributed by atoms with Gasteiger partial charge in [-0.15, -0.1) is 0 Å². The van der Waals surface area contributed by atoms with Crippen LogP contribution in [-0.2, 0) is 9.89 Å². The second-order valence-corrected chi connectivity index (χ2v) is 11.1. The van der Waals surface area contributed by atoms with E-state index in [1.165, 1.54) is 33.1 Å². The Kier molecular flexibility index (Phi) is 9.66. The summed E-state index contributed by atoms with van der Waals surface area (Å²) in [4.78, 5) is 4.97. The Balaban J connectivity index is 2.17. The van der Waals surface area contributed by atoms with E-state index in [9.17, 15) is 0 Å². The molecule has 0 amide bonds. The summed E-state index contributed by atoms with van der Waals surface area (Å²) in [6, 6.07) is 21.4. The first-order valence-corrected chi connectivity index (χ1v) is 13.6. The highest BCUT2D eigenvalue weighted by Crippen LogP contribution is 2.52. The van der Waals surface area contributed by atoms with Crippen LogP contribution in [0.3, 0.4) is 0 Å². The zero-order valence-corrected chi connectivity index (χ0v) is 23.4. The number of ether oxygens (including phenoxy) is 2. The molecule has 0 fully saturated rings. The van der Waals surface area contributed by atoms with Gasteiger partial charge in [-0.3, -0.25) is 4.99 Å². The number of methoxy groups -OCH3 is 1. The molecule has 186 valence electrons. The Hall–Kier alpha value is -2.48. The first kappa shape index (κ1) is 27.1. The van der Waals surface area contributed by atoms with E-state index in [0.717, 1.165) is 36.4 Å². The highest BCUT2D eigenvalue weighted by Gasteiger charge is 2.35. The predicted molar refractivity (Wildman–Crippen MR) is 153 cm³/mol. The molecule has 0 aliphatic heterocycles. The maximum absolute atomic E-state index is 6.21. The van der Waals surface area contributed by atoms with Crippen LogP contribution in [0.4, 0.5) is 5.69 Å². The lowest BCUT2D eigenvalue weighted by Gasteiger charge is -2.37.